The number of para-hydroxylation sites is 2. The molecule has 0 spiro atoms. The van der Waals surface area contributed by atoms with Crippen LogP contribution < -0.4 is 20.7 Å². The van der Waals surface area contributed by atoms with Crippen molar-refractivity contribution in [1.29, 1.82) is 0 Å². The van der Waals surface area contributed by atoms with Gasteiger partial charge in [-0.05, 0) is 97.6 Å². The predicted molar refractivity (Wildman–Crippen MR) is 270 cm³/mol. The van der Waals surface area contributed by atoms with Crippen LogP contribution >= 0.6 is 0 Å². The van der Waals surface area contributed by atoms with E-state index in [4.69, 9.17) is 2.74 Å². The molecule has 0 fully saturated rings. The fourth-order valence-electron chi connectivity index (χ4n) is 10.1. The quantitative estimate of drug-likeness (QED) is 0.107. The Labute approximate surface area is 372 Å². The van der Waals surface area contributed by atoms with Gasteiger partial charge in [0.2, 0.25) is 0 Å². The molecule has 0 amide bonds. The molecule has 2 heterocycles. The van der Waals surface area contributed by atoms with Gasteiger partial charge in [-0.2, -0.15) is 0 Å². The van der Waals surface area contributed by atoms with Crippen LogP contribution in [0.1, 0.15) is 4.11 Å². The third-order valence-electron chi connectivity index (χ3n) is 12.9. The molecule has 10 aromatic carbocycles. The number of nitrogens with zero attached hydrogens (tertiary/aromatic N) is 2. The largest absolute Gasteiger partial charge is 0.309 e. The first kappa shape index (κ1) is 33.7. The summed E-state index contributed by atoms with van der Waals surface area (Å²) in [5, 5.41) is 9.18. The molecular weight excluding hydrogens is 777 g/mol. The Bertz CT molecular complexity index is 3690. The average molecular weight is 822 g/mol. The number of rotatable bonds is 8. The van der Waals surface area contributed by atoms with Crippen LogP contribution in [-0.4, -0.2) is 17.2 Å². The lowest BCUT2D eigenvalue weighted by Crippen LogP contribution is -2.74. The van der Waals surface area contributed by atoms with Crippen molar-refractivity contribution in [3.05, 3.63) is 255 Å². The third kappa shape index (κ3) is 6.00. The van der Waals surface area contributed by atoms with Gasteiger partial charge in [-0.1, -0.05) is 200 Å². The van der Waals surface area contributed by atoms with Gasteiger partial charge in [0, 0.05) is 32.9 Å². The van der Waals surface area contributed by atoms with E-state index >= 15 is 0 Å². The zero-order valence-corrected chi connectivity index (χ0v) is 35.4. The predicted octanol–water partition coefficient (Wildman–Crippen LogP) is 12.6. The van der Waals surface area contributed by atoms with Crippen LogP contribution in [0.5, 0.6) is 0 Å². The lowest BCUT2D eigenvalue weighted by Gasteiger charge is -2.34. The molecule has 0 atom stereocenters. The van der Waals surface area contributed by atoms with Crippen LogP contribution in [0, 0.1) is 0 Å². The minimum Gasteiger partial charge on any atom is -0.309 e. The van der Waals surface area contributed by atoms with Crippen molar-refractivity contribution >= 4 is 72.4 Å². The van der Waals surface area contributed by atoms with Gasteiger partial charge in [0.15, 0.2) is 8.07 Å². The number of aromatic nitrogens is 2. The maximum absolute atomic E-state index is 9.39. The van der Waals surface area contributed by atoms with Crippen molar-refractivity contribution in [1.82, 2.24) is 9.13 Å². The lowest BCUT2D eigenvalue weighted by molar-refractivity contribution is 1.17. The molecule has 2 aromatic heterocycles. The summed E-state index contributed by atoms with van der Waals surface area (Å²) in [4.78, 5) is 0. The highest BCUT2D eigenvalue weighted by molar-refractivity contribution is 7.19. The Kier molecular flexibility index (Phi) is 8.12. The van der Waals surface area contributed by atoms with Crippen LogP contribution in [0.4, 0.5) is 0 Å². The van der Waals surface area contributed by atoms with Crippen molar-refractivity contribution in [2.45, 2.75) is 0 Å². The summed E-state index contributed by atoms with van der Waals surface area (Å²) < 4.78 is 31.5. The van der Waals surface area contributed by atoms with Crippen molar-refractivity contribution in [2.24, 2.45) is 0 Å². The number of hydrogen-bond donors (Lipinski definition) is 0. The molecule has 12 aromatic rings. The molecule has 63 heavy (non-hydrogen) atoms. The van der Waals surface area contributed by atoms with Crippen LogP contribution in [0.2, 0.25) is 0 Å². The van der Waals surface area contributed by atoms with E-state index in [1.54, 1.807) is 6.07 Å². The van der Waals surface area contributed by atoms with Crippen molar-refractivity contribution in [3.8, 4) is 33.6 Å². The summed E-state index contributed by atoms with van der Waals surface area (Å²) >= 11 is 0. The minimum atomic E-state index is -2.78. The highest BCUT2D eigenvalue weighted by Gasteiger charge is 2.41. The summed E-state index contributed by atoms with van der Waals surface area (Å²) in [5.74, 6) is 0. The first-order chi connectivity index (χ1) is 32.5. The minimum absolute atomic E-state index is 0.0413. The summed E-state index contributed by atoms with van der Waals surface area (Å²) in [7, 11) is -2.78. The standard InChI is InChI=1S/C60H42N2Si/c1-5-19-43(20-6-1)44-21-17-23-47(39-44)61-58-34-16-14-32-54(58)56-42-48(36-38-60(56)61)62-57-33-15-13-31-53(57)55-41-46(35-37-59(55)62)45-22-18-30-52(40-45)63(49-24-7-2-8-25-49,50-26-9-3-10-27-50)51-28-11-4-12-29-51/h1-42H/i13D,15D,33D. The Balaban J connectivity index is 1.05. The summed E-state index contributed by atoms with van der Waals surface area (Å²) in [6.45, 7) is 0. The summed E-state index contributed by atoms with van der Waals surface area (Å²) in [6, 6.07) is 84.6. The van der Waals surface area contributed by atoms with E-state index in [1.165, 1.54) is 26.3 Å². The molecule has 0 aliphatic carbocycles. The Morgan fingerprint density at radius 1 is 0.286 bits per heavy atom. The van der Waals surface area contributed by atoms with Gasteiger partial charge >= 0.3 is 0 Å². The van der Waals surface area contributed by atoms with Gasteiger partial charge in [0.05, 0.1) is 26.2 Å². The van der Waals surface area contributed by atoms with Gasteiger partial charge in [-0.15, -0.1) is 0 Å². The van der Waals surface area contributed by atoms with E-state index in [0.717, 1.165) is 66.2 Å². The van der Waals surface area contributed by atoms with Gasteiger partial charge < -0.3 is 9.13 Å². The smallest absolute Gasteiger partial charge is 0.179 e. The summed E-state index contributed by atoms with van der Waals surface area (Å²) in [6.07, 6.45) is 0. The second-order valence-electron chi connectivity index (χ2n) is 16.3. The van der Waals surface area contributed by atoms with E-state index in [1.807, 2.05) is 6.07 Å². The van der Waals surface area contributed by atoms with E-state index in [-0.39, 0.29) is 18.1 Å². The van der Waals surface area contributed by atoms with Gasteiger partial charge in [-0.3, -0.25) is 0 Å². The molecule has 0 aliphatic rings. The summed E-state index contributed by atoms with van der Waals surface area (Å²) in [5.41, 5.74) is 10.2. The Morgan fingerprint density at radius 2 is 0.762 bits per heavy atom. The number of benzene rings is 10. The van der Waals surface area contributed by atoms with Crippen molar-refractivity contribution < 1.29 is 4.11 Å². The second kappa shape index (κ2) is 15.2. The molecule has 0 saturated carbocycles. The van der Waals surface area contributed by atoms with Crippen LogP contribution in [0.25, 0.3) is 77.2 Å². The zero-order chi connectivity index (χ0) is 44.4. The maximum Gasteiger partial charge on any atom is 0.179 e. The zero-order valence-electron chi connectivity index (χ0n) is 37.4. The molecule has 12 rings (SSSR count). The van der Waals surface area contributed by atoms with Gasteiger partial charge in [-0.25, -0.2) is 0 Å². The fraction of sp³-hybridized carbons (Fsp3) is 0. The van der Waals surface area contributed by atoms with Gasteiger partial charge in [0.25, 0.3) is 0 Å². The van der Waals surface area contributed by atoms with E-state index < -0.39 is 8.07 Å². The molecule has 0 aliphatic heterocycles. The molecule has 3 heteroatoms. The van der Waals surface area contributed by atoms with Crippen molar-refractivity contribution in [3.63, 3.8) is 0 Å². The van der Waals surface area contributed by atoms with E-state index in [9.17, 15) is 1.37 Å². The monoisotopic (exact) mass is 821 g/mol. The first-order valence-corrected chi connectivity index (χ1v) is 23.5. The lowest BCUT2D eigenvalue weighted by atomic mass is 10.0. The molecule has 0 bridgehead atoms. The highest BCUT2D eigenvalue weighted by atomic mass is 28.3. The molecule has 296 valence electrons. The van der Waals surface area contributed by atoms with E-state index in [2.05, 4.69) is 234 Å². The second-order valence-corrected chi connectivity index (χ2v) is 20.1. The molecule has 0 unspecified atom stereocenters. The van der Waals surface area contributed by atoms with Crippen LogP contribution in [-0.2, 0) is 0 Å². The molecule has 0 N–H and O–H groups in total. The van der Waals surface area contributed by atoms with Crippen LogP contribution in [0.15, 0.2) is 255 Å². The molecular formula is C60H42N2Si. The number of fused-ring (bicyclic) bond motifs is 6. The molecule has 0 radical (unpaired) electrons. The first-order valence-electron chi connectivity index (χ1n) is 23.0. The maximum atomic E-state index is 9.39. The Morgan fingerprint density at radius 3 is 1.46 bits per heavy atom. The molecule has 0 saturated heterocycles. The SMILES string of the molecule is [2H]c1cc2c3cc(-c4cccc([Si](c5ccccc5)(c5ccccc5)c5ccccc5)c4)ccc3n(-c3ccc4c(c3)c3ccccc3n4-c3cccc(-c4ccccc4)c3)c2c([2H])c1[2H]. The van der Waals surface area contributed by atoms with Gasteiger partial charge in [0.1, 0.15) is 0 Å². The molecule has 2 nitrogen and oxygen atoms in total. The average Bonchev–Trinajstić information content (AvgIpc) is 3.89. The van der Waals surface area contributed by atoms with Crippen molar-refractivity contribution in [2.75, 3.05) is 0 Å². The number of hydrogen-bond acceptors (Lipinski definition) is 0. The normalized spacial score (nSPS) is 12.5. The van der Waals surface area contributed by atoms with E-state index in [0.29, 0.717) is 5.52 Å². The third-order valence-corrected chi connectivity index (χ3v) is 17.6. The Hall–Kier alpha value is -7.98. The fourth-order valence-corrected chi connectivity index (χ4v) is 14.9. The highest BCUT2D eigenvalue weighted by Crippen LogP contribution is 2.38. The van der Waals surface area contributed by atoms with Crippen LogP contribution in [0.3, 0.4) is 0 Å². The topological polar surface area (TPSA) is 9.86 Å².